The molecule has 176 valence electrons. The van der Waals surface area contributed by atoms with Gasteiger partial charge in [-0.05, 0) is 53.4 Å². The van der Waals surface area contributed by atoms with Crippen LogP contribution in [0.2, 0.25) is 5.02 Å². The molecule has 0 bridgehead atoms. The van der Waals surface area contributed by atoms with Gasteiger partial charge in [-0.25, -0.2) is 4.98 Å². The zero-order chi connectivity index (χ0) is 24.7. The fraction of sp³-hybridized carbons (Fsp3) is 0.200. The van der Waals surface area contributed by atoms with E-state index in [9.17, 15) is 9.59 Å². The van der Waals surface area contributed by atoms with Gasteiger partial charge in [0.2, 0.25) is 11.8 Å². The van der Waals surface area contributed by atoms with Gasteiger partial charge in [0, 0.05) is 30.9 Å². The molecule has 0 radical (unpaired) electrons. The van der Waals surface area contributed by atoms with Crippen LogP contribution in [0, 0.1) is 5.41 Å². The molecule has 4 N–H and O–H groups in total. The fourth-order valence-electron chi connectivity index (χ4n) is 3.56. The third-order valence-electron chi connectivity index (χ3n) is 5.51. The van der Waals surface area contributed by atoms with Gasteiger partial charge in [0.05, 0.1) is 19.0 Å². The summed E-state index contributed by atoms with van der Waals surface area (Å²) >= 11 is 6.29. The molecule has 1 unspecified atom stereocenters. The number of nitrogens with zero attached hydrogens (tertiary/aromatic N) is 1. The Hall–Kier alpha value is -3.91. The number of halogens is 1. The summed E-state index contributed by atoms with van der Waals surface area (Å²) in [6.07, 6.45) is 2.45. The number of carbonyl (C=O) groups is 2. The number of ether oxygens (including phenoxy) is 1. The Bertz CT molecular complexity index is 1200. The predicted molar refractivity (Wildman–Crippen MR) is 132 cm³/mol. The number of pyridine rings is 1. The van der Waals surface area contributed by atoms with Crippen molar-refractivity contribution in [2.45, 2.75) is 19.0 Å². The van der Waals surface area contributed by atoms with Crippen molar-refractivity contribution in [1.82, 2.24) is 20.9 Å². The molecule has 1 heterocycles. The van der Waals surface area contributed by atoms with Gasteiger partial charge in [0.1, 0.15) is 5.54 Å². The molecule has 8 nitrogen and oxygen atoms in total. The second kappa shape index (κ2) is 10.8. The lowest BCUT2D eigenvalue weighted by atomic mass is 9.88. The average molecular weight is 480 g/mol. The molecule has 34 heavy (non-hydrogen) atoms. The van der Waals surface area contributed by atoms with Crippen molar-refractivity contribution in [1.29, 1.82) is 5.41 Å². The van der Waals surface area contributed by atoms with Crippen LogP contribution < -0.4 is 20.7 Å². The summed E-state index contributed by atoms with van der Waals surface area (Å²) in [7, 11) is 3.06. The highest BCUT2D eigenvalue weighted by atomic mass is 35.5. The molecule has 0 fully saturated rings. The summed E-state index contributed by atoms with van der Waals surface area (Å²) in [6, 6.07) is 16.1. The molecule has 3 aromatic rings. The second-order valence-corrected chi connectivity index (χ2v) is 8.08. The van der Waals surface area contributed by atoms with Gasteiger partial charge in [-0.15, -0.1) is 0 Å². The average Bonchev–Trinajstić information content (AvgIpc) is 2.87. The summed E-state index contributed by atoms with van der Waals surface area (Å²) < 4.78 is 5.03. The van der Waals surface area contributed by atoms with Gasteiger partial charge in [0.25, 0.3) is 5.91 Å². The molecule has 9 heteroatoms. The molecule has 0 saturated carbocycles. The van der Waals surface area contributed by atoms with Crippen LogP contribution in [0.1, 0.15) is 28.4 Å². The van der Waals surface area contributed by atoms with Crippen LogP contribution in [0.4, 0.5) is 0 Å². The van der Waals surface area contributed by atoms with Crippen LogP contribution in [0.15, 0.2) is 60.8 Å². The number of rotatable bonds is 9. The maximum atomic E-state index is 12.6. The summed E-state index contributed by atoms with van der Waals surface area (Å²) in [5.41, 5.74) is 2.43. The standard InChI is InChI=1S/C25H26ClN5O3/c1-25(31-15-27,24(33)28-2)19-6-4-5-16(11-19)21-12-20(26)9-7-17(21)13-30-23(32)18-8-10-22(34-3)29-14-18/h4-12,14-15H,13H2,1-3H3,(H2,27,31)(H,28,33)(H,30,32). The Kier molecular flexibility index (Phi) is 7.86. The van der Waals surface area contributed by atoms with E-state index >= 15 is 0 Å². The van der Waals surface area contributed by atoms with Gasteiger partial charge in [-0.3, -0.25) is 15.0 Å². The van der Waals surface area contributed by atoms with E-state index in [0.717, 1.165) is 23.0 Å². The number of amides is 2. The number of carbonyl (C=O) groups excluding carboxylic acids is 2. The Morgan fingerprint density at radius 2 is 1.97 bits per heavy atom. The second-order valence-electron chi connectivity index (χ2n) is 7.65. The smallest absolute Gasteiger partial charge is 0.253 e. The van der Waals surface area contributed by atoms with E-state index < -0.39 is 5.54 Å². The highest BCUT2D eigenvalue weighted by Crippen LogP contribution is 2.31. The Morgan fingerprint density at radius 1 is 1.18 bits per heavy atom. The number of nitrogens with one attached hydrogen (secondary N) is 4. The molecule has 1 atom stereocenters. The molecular formula is C25H26ClN5O3. The molecule has 0 aliphatic carbocycles. The van der Waals surface area contributed by atoms with E-state index in [4.69, 9.17) is 21.7 Å². The first-order valence-electron chi connectivity index (χ1n) is 10.5. The lowest BCUT2D eigenvalue weighted by Gasteiger charge is -2.28. The zero-order valence-corrected chi connectivity index (χ0v) is 19.9. The van der Waals surface area contributed by atoms with Crippen molar-refractivity contribution < 1.29 is 14.3 Å². The lowest BCUT2D eigenvalue weighted by molar-refractivity contribution is -0.126. The van der Waals surface area contributed by atoms with Gasteiger partial charge in [-0.1, -0.05) is 35.9 Å². The molecule has 3 rings (SSSR count). The normalized spacial score (nSPS) is 12.2. The Morgan fingerprint density at radius 3 is 2.62 bits per heavy atom. The molecule has 0 aliphatic rings. The lowest BCUT2D eigenvalue weighted by Crippen LogP contribution is -2.50. The van der Waals surface area contributed by atoms with E-state index in [-0.39, 0.29) is 18.4 Å². The molecule has 2 aromatic carbocycles. The van der Waals surface area contributed by atoms with E-state index in [1.54, 1.807) is 32.2 Å². The van der Waals surface area contributed by atoms with E-state index in [0.29, 0.717) is 22.0 Å². The van der Waals surface area contributed by atoms with Crippen LogP contribution in [0.5, 0.6) is 5.88 Å². The van der Waals surface area contributed by atoms with Crippen LogP contribution in [0.25, 0.3) is 11.1 Å². The minimum Gasteiger partial charge on any atom is -0.481 e. The number of methoxy groups -OCH3 is 1. The fourth-order valence-corrected chi connectivity index (χ4v) is 3.73. The van der Waals surface area contributed by atoms with Gasteiger partial charge in [0.15, 0.2) is 0 Å². The van der Waals surface area contributed by atoms with Crippen molar-refractivity contribution in [2.75, 3.05) is 14.2 Å². The minimum absolute atomic E-state index is 0.257. The minimum atomic E-state index is -1.14. The summed E-state index contributed by atoms with van der Waals surface area (Å²) in [5.74, 6) is -0.121. The largest absolute Gasteiger partial charge is 0.481 e. The first-order chi connectivity index (χ1) is 16.3. The zero-order valence-electron chi connectivity index (χ0n) is 19.1. The maximum absolute atomic E-state index is 12.6. The monoisotopic (exact) mass is 479 g/mol. The molecule has 0 spiro atoms. The first-order valence-corrected chi connectivity index (χ1v) is 10.9. The quantitative estimate of drug-likeness (QED) is 0.277. The molecule has 0 saturated heterocycles. The molecule has 0 aliphatic heterocycles. The van der Waals surface area contributed by atoms with Crippen LogP contribution in [0.3, 0.4) is 0 Å². The third-order valence-corrected chi connectivity index (χ3v) is 5.75. The van der Waals surface area contributed by atoms with E-state index in [2.05, 4.69) is 20.9 Å². The SMILES string of the molecule is CNC(=O)C(C)(NC=N)c1cccc(-c2cc(Cl)ccc2CNC(=O)c2ccc(OC)nc2)c1. The highest BCUT2D eigenvalue weighted by molar-refractivity contribution is 6.30. The highest BCUT2D eigenvalue weighted by Gasteiger charge is 2.33. The van der Waals surface area contributed by atoms with Crippen molar-refractivity contribution in [3.05, 3.63) is 82.5 Å². The van der Waals surface area contributed by atoms with Gasteiger partial charge >= 0.3 is 0 Å². The third kappa shape index (κ3) is 5.35. The number of hydrogen-bond acceptors (Lipinski definition) is 5. The number of benzene rings is 2. The molecule has 1 aromatic heterocycles. The van der Waals surface area contributed by atoms with Crippen molar-refractivity contribution in [2.24, 2.45) is 0 Å². The maximum Gasteiger partial charge on any atom is 0.253 e. The van der Waals surface area contributed by atoms with E-state index in [1.165, 1.54) is 13.3 Å². The van der Waals surface area contributed by atoms with Crippen LogP contribution in [-0.4, -0.2) is 37.3 Å². The Labute approximate surface area is 203 Å². The molecule has 2 amide bonds. The van der Waals surface area contributed by atoms with Gasteiger partial charge < -0.3 is 20.7 Å². The number of aromatic nitrogens is 1. The first kappa shape index (κ1) is 24.7. The number of likely N-dealkylation sites (N-methyl/N-ethyl adjacent to an activating group) is 1. The summed E-state index contributed by atoms with van der Waals surface area (Å²) in [5, 5.41) is 16.4. The summed E-state index contributed by atoms with van der Waals surface area (Å²) in [4.78, 5) is 29.3. The number of hydrogen-bond donors (Lipinski definition) is 4. The van der Waals surface area contributed by atoms with Crippen LogP contribution in [-0.2, 0) is 16.9 Å². The predicted octanol–water partition coefficient (Wildman–Crippen LogP) is 3.50. The molecular weight excluding hydrogens is 454 g/mol. The van der Waals surface area contributed by atoms with Crippen LogP contribution >= 0.6 is 11.6 Å². The van der Waals surface area contributed by atoms with Gasteiger partial charge in [-0.2, -0.15) is 0 Å². The topological polar surface area (TPSA) is 116 Å². The summed E-state index contributed by atoms with van der Waals surface area (Å²) in [6.45, 7) is 1.96. The Balaban J connectivity index is 1.91. The van der Waals surface area contributed by atoms with E-state index in [1.807, 2.05) is 36.4 Å². The van der Waals surface area contributed by atoms with Crippen molar-refractivity contribution in [3.63, 3.8) is 0 Å². The van der Waals surface area contributed by atoms with Crippen molar-refractivity contribution >= 4 is 29.8 Å². The van der Waals surface area contributed by atoms with Crippen molar-refractivity contribution in [3.8, 4) is 17.0 Å².